The van der Waals surface area contributed by atoms with Gasteiger partial charge in [-0.15, -0.1) is 0 Å². The summed E-state index contributed by atoms with van der Waals surface area (Å²) in [7, 11) is 3.74. The molecule has 1 saturated carbocycles. The van der Waals surface area contributed by atoms with Gasteiger partial charge in [0.2, 0.25) is 0 Å². The number of nitrogens with zero attached hydrogens (tertiary/aromatic N) is 1. The van der Waals surface area contributed by atoms with Gasteiger partial charge in [0, 0.05) is 12.6 Å². The number of ether oxygens (including phenoxy) is 2. The van der Waals surface area contributed by atoms with E-state index in [1.165, 1.54) is 12.8 Å². The van der Waals surface area contributed by atoms with Crippen molar-refractivity contribution in [1.82, 2.24) is 4.90 Å². The molecule has 17 heavy (non-hydrogen) atoms. The summed E-state index contributed by atoms with van der Waals surface area (Å²) in [5, 5.41) is 0. The van der Waals surface area contributed by atoms with E-state index in [2.05, 4.69) is 11.9 Å². The second-order valence-corrected chi connectivity index (χ2v) is 4.43. The topological polar surface area (TPSA) is 47.7 Å². The minimum atomic E-state index is 0.573. The molecule has 2 N–H and O–H groups in total. The highest BCUT2D eigenvalue weighted by molar-refractivity contribution is 5.62. The molecular weight excluding hydrogens is 216 g/mol. The first kappa shape index (κ1) is 12.0. The number of rotatable bonds is 6. The first-order chi connectivity index (χ1) is 8.22. The lowest BCUT2D eigenvalue weighted by molar-refractivity contribution is 0.232. The van der Waals surface area contributed by atoms with Crippen LogP contribution in [0.5, 0.6) is 11.5 Å². The van der Waals surface area contributed by atoms with E-state index in [9.17, 15) is 0 Å². The zero-order valence-electron chi connectivity index (χ0n) is 10.5. The lowest BCUT2D eigenvalue weighted by Crippen LogP contribution is -2.26. The number of likely N-dealkylation sites (N-methyl/N-ethyl adjacent to an activating group) is 1. The van der Waals surface area contributed by atoms with Crippen LogP contribution in [0.1, 0.15) is 12.8 Å². The van der Waals surface area contributed by atoms with Crippen LogP contribution in [0.15, 0.2) is 18.2 Å². The summed E-state index contributed by atoms with van der Waals surface area (Å²) in [6.45, 7) is 1.59. The molecule has 1 fully saturated rings. The van der Waals surface area contributed by atoms with Gasteiger partial charge in [0.15, 0.2) is 0 Å². The number of nitrogen functional groups attached to an aromatic ring is 1. The molecule has 0 radical (unpaired) electrons. The van der Waals surface area contributed by atoms with Crippen molar-refractivity contribution < 1.29 is 9.47 Å². The van der Waals surface area contributed by atoms with E-state index in [-0.39, 0.29) is 0 Å². The Balaban J connectivity index is 1.85. The third-order valence-electron chi connectivity index (χ3n) is 3.12. The van der Waals surface area contributed by atoms with Gasteiger partial charge in [0.1, 0.15) is 23.8 Å². The Hall–Kier alpha value is -1.42. The van der Waals surface area contributed by atoms with E-state index < -0.39 is 0 Å². The molecule has 0 aliphatic heterocycles. The van der Waals surface area contributed by atoms with E-state index in [0.717, 1.165) is 12.6 Å². The van der Waals surface area contributed by atoms with Gasteiger partial charge >= 0.3 is 0 Å². The molecule has 1 aromatic carbocycles. The predicted molar refractivity (Wildman–Crippen MR) is 68.6 cm³/mol. The Bertz CT molecular complexity index is 378. The average molecular weight is 236 g/mol. The molecule has 0 bridgehead atoms. The van der Waals surface area contributed by atoms with Crippen molar-refractivity contribution in [3.63, 3.8) is 0 Å². The molecule has 0 spiro atoms. The van der Waals surface area contributed by atoms with Crippen molar-refractivity contribution in [3.05, 3.63) is 18.2 Å². The van der Waals surface area contributed by atoms with Crippen LogP contribution in [0.3, 0.4) is 0 Å². The zero-order valence-corrected chi connectivity index (χ0v) is 10.5. The van der Waals surface area contributed by atoms with Crippen LogP contribution in [0.4, 0.5) is 5.69 Å². The summed E-state index contributed by atoms with van der Waals surface area (Å²) in [6, 6.07) is 6.35. The van der Waals surface area contributed by atoms with Crippen molar-refractivity contribution in [2.45, 2.75) is 18.9 Å². The highest BCUT2D eigenvalue weighted by atomic mass is 16.5. The zero-order chi connectivity index (χ0) is 12.3. The quantitative estimate of drug-likeness (QED) is 0.764. The molecule has 4 nitrogen and oxygen atoms in total. The predicted octanol–water partition coefficient (Wildman–Crippen LogP) is 1.75. The summed E-state index contributed by atoms with van der Waals surface area (Å²) < 4.78 is 10.8. The van der Waals surface area contributed by atoms with Crippen LogP contribution in [0, 0.1) is 0 Å². The maximum absolute atomic E-state index is 5.92. The normalized spacial score (nSPS) is 15.0. The van der Waals surface area contributed by atoms with Crippen LogP contribution in [0.25, 0.3) is 0 Å². The van der Waals surface area contributed by atoms with E-state index in [1.807, 2.05) is 18.2 Å². The second-order valence-electron chi connectivity index (χ2n) is 4.43. The Labute approximate surface area is 102 Å². The largest absolute Gasteiger partial charge is 0.494 e. The van der Waals surface area contributed by atoms with Crippen LogP contribution in [-0.4, -0.2) is 38.3 Å². The number of benzene rings is 1. The summed E-state index contributed by atoms with van der Waals surface area (Å²) in [5.74, 6) is 1.37. The van der Waals surface area contributed by atoms with Crippen molar-refractivity contribution >= 4 is 5.69 Å². The van der Waals surface area contributed by atoms with Crippen LogP contribution in [-0.2, 0) is 0 Å². The highest BCUT2D eigenvalue weighted by Crippen LogP contribution is 2.31. The molecule has 94 valence electrons. The molecule has 0 aromatic heterocycles. The van der Waals surface area contributed by atoms with Crippen LogP contribution in [0.2, 0.25) is 0 Å². The van der Waals surface area contributed by atoms with Gasteiger partial charge < -0.3 is 20.1 Å². The van der Waals surface area contributed by atoms with Crippen LogP contribution < -0.4 is 15.2 Å². The molecule has 1 aliphatic rings. The van der Waals surface area contributed by atoms with Crippen LogP contribution >= 0.6 is 0 Å². The highest BCUT2D eigenvalue weighted by Gasteiger charge is 2.25. The molecule has 0 atom stereocenters. The maximum Gasteiger partial charge on any atom is 0.146 e. The lowest BCUT2D eigenvalue weighted by Gasteiger charge is -2.17. The summed E-state index contributed by atoms with van der Waals surface area (Å²) in [4.78, 5) is 2.33. The van der Waals surface area contributed by atoms with Gasteiger partial charge in [-0.2, -0.15) is 0 Å². The van der Waals surface area contributed by atoms with Gasteiger partial charge in [-0.1, -0.05) is 6.07 Å². The third-order valence-corrected chi connectivity index (χ3v) is 3.12. The Morgan fingerprint density at radius 2 is 2.06 bits per heavy atom. The monoisotopic (exact) mass is 236 g/mol. The molecule has 1 aromatic rings. The SMILES string of the molecule is COc1cccc(OCCN(C)C2CC2)c1N. The van der Waals surface area contributed by atoms with E-state index in [1.54, 1.807) is 7.11 Å². The minimum Gasteiger partial charge on any atom is -0.494 e. The lowest BCUT2D eigenvalue weighted by atomic mass is 10.3. The fourth-order valence-corrected chi connectivity index (χ4v) is 1.83. The van der Waals surface area contributed by atoms with Gasteiger partial charge in [0.25, 0.3) is 0 Å². The fraction of sp³-hybridized carbons (Fsp3) is 0.538. The first-order valence-corrected chi connectivity index (χ1v) is 5.98. The van der Waals surface area contributed by atoms with Crippen molar-refractivity contribution in [1.29, 1.82) is 0 Å². The Kier molecular flexibility index (Phi) is 3.74. The molecule has 0 unspecified atom stereocenters. The smallest absolute Gasteiger partial charge is 0.146 e. The number of anilines is 1. The number of nitrogens with two attached hydrogens (primary N) is 1. The number of para-hydroxylation sites is 1. The minimum absolute atomic E-state index is 0.573. The summed E-state index contributed by atoms with van der Waals surface area (Å²) >= 11 is 0. The molecule has 0 heterocycles. The van der Waals surface area contributed by atoms with E-state index >= 15 is 0 Å². The third kappa shape index (κ3) is 3.03. The molecule has 1 aliphatic carbocycles. The van der Waals surface area contributed by atoms with Gasteiger partial charge in [-0.25, -0.2) is 0 Å². The number of hydrogen-bond acceptors (Lipinski definition) is 4. The molecule has 0 saturated heterocycles. The Morgan fingerprint density at radius 1 is 1.35 bits per heavy atom. The first-order valence-electron chi connectivity index (χ1n) is 5.98. The van der Waals surface area contributed by atoms with E-state index in [0.29, 0.717) is 23.8 Å². The molecule has 2 rings (SSSR count). The van der Waals surface area contributed by atoms with Gasteiger partial charge in [-0.3, -0.25) is 0 Å². The number of hydrogen-bond donors (Lipinski definition) is 1. The fourth-order valence-electron chi connectivity index (χ4n) is 1.83. The molecule has 4 heteroatoms. The summed E-state index contributed by atoms with van der Waals surface area (Å²) in [5.41, 5.74) is 6.49. The van der Waals surface area contributed by atoms with Crippen molar-refractivity contribution in [3.8, 4) is 11.5 Å². The number of methoxy groups -OCH3 is 1. The summed E-state index contributed by atoms with van der Waals surface area (Å²) in [6.07, 6.45) is 2.63. The maximum atomic E-state index is 5.92. The van der Waals surface area contributed by atoms with Crippen molar-refractivity contribution in [2.75, 3.05) is 33.0 Å². The van der Waals surface area contributed by atoms with Gasteiger partial charge in [-0.05, 0) is 32.0 Å². The Morgan fingerprint density at radius 3 is 2.71 bits per heavy atom. The standard InChI is InChI=1S/C13H20N2O2/c1-15(10-6-7-10)8-9-17-12-5-3-4-11(16-2)13(12)14/h3-5,10H,6-9,14H2,1-2H3. The van der Waals surface area contributed by atoms with Crippen molar-refractivity contribution in [2.24, 2.45) is 0 Å². The average Bonchev–Trinajstić information content (AvgIpc) is 3.15. The van der Waals surface area contributed by atoms with E-state index in [4.69, 9.17) is 15.2 Å². The van der Waals surface area contributed by atoms with Gasteiger partial charge in [0.05, 0.1) is 7.11 Å². The second kappa shape index (κ2) is 5.27. The molecular formula is C13H20N2O2. The molecule has 0 amide bonds.